The molecular formula is C14H19N3O2. The molecule has 1 aliphatic heterocycles. The van der Waals surface area contributed by atoms with Crippen LogP contribution in [0.3, 0.4) is 0 Å². The highest BCUT2D eigenvalue weighted by atomic mass is 16.2. The number of nitrogens with two attached hydrogens (primary N) is 1. The Labute approximate surface area is 112 Å². The van der Waals surface area contributed by atoms with E-state index in [9.17, 15) is 9.59 Å². The maximum Gasteiger partial charge on any atom is 0.312 e. The number of carbonyl (C=O) groups excluding carboxylic acids is 2. The van der Waals surface area contributed by atoms with Crippen molar-refractivity contribution >= 4 is 17.6 Å². The second-order valence-electron chi connectivity index (χ2n) is 5.57. The van der Waals surface area contributed by atoms with Gasteiger partial charge in [0, 0.05) is 24.7 Å². The van der Waals surface area contributed by atoms with Crippen LogP contribution in [0.15, 0.2) is 18.2 Å². The number of nitrogens with one attached hydrogen (secondary N) is 1. The highest BCUT2D eigenvalue weighted by Crippen LogP contribution is 2.32. The zero-order valence-corrected chi connectivity index (χ0v) is 11.5. The number of hydrogen-bond donors (Lipinski definition) is 2. The molecule has 0 bridgehead atoms. The standard InChI is InChI=1S/C14H19N3O2/c1-14(2,8-16-13(15)19)10-4-5-11-9(6-10)7-12(18)17(11)3/h4-6H,7-8H2,1-3H3,(H3,15,16,19). The lowest BCUT2D eigenvalue weighted by atomic mass is 9.83. The predicted molar refractivity (Wildman–Crippen MR) is 74.2 cm³/mol. The summed E-state index contributed by atoms with van der Waals surface area (Å²) in [5.41, 5.74) is 7.97. The van der Waals surface area contributed by atoms with Crippen molar-refractivity contribution in [1.29, 1.82) is 0 Å². The molecule has 0 unspecified atom stereocenters. The normalized spacial score (nSPS) is 14.5. The molecule has 0 fully saturated rings. The quantitative estimate of drug-likeness (QED) is 0.856. The van der Waals surface area contributed by atoms with E-state index in [2.05, 4.69) is 5.32 Å². The van der Waals surface area contributed by atoms with Gasteiger partial charge in [0.2, 0.25) is 5.91 Å². The molecule has 3 N–H and O–H groups in total. The minimum atomic E-state index is -0.524. The molecular weight excluding hydrogens is 242 g/mol. The van der Waals surface area contributed by atoms with Crippen molar-refractivity contribution in [2.75, 3.05) is 18.5 Å². The molecule has 1 aromatic carbocycles. The zero-order valence-electron chi connectivity index (χ0n) is 11.5. The van der Waals surface area contributed by atoms with Crippen molar-refractivity contribution in [3.8, 4) is 0 Å². The van der Waals surface area contributed by atoms with Crippen molar-refractivity contribution in [2.24, 2.45) is 5.73 Å². The number of amides is 3. The van der Waals surface area contributed by atoms with Gasteiger partial charge in [-0.2, -0.15) is 0 Å². The molecule has 2 rings (SSSR count). The van der Waals surface area contributed by atoms with E-state index in [1.165, 1.54) is 0 Å². The van der Waals surface area contributed by atoms with Crippen LogP contribution in [-0.4, -0.2) is 25.5 Å². The molecule has 1 aromatic rings. The maximum absolute atomic E-state index is 11.7. The van der Waals surface area contributed by atoms with Gasteiger partial charge in [0.15, 0.2) is 0 Å². The zero-order chi connectivity index (χ0) is 14.2. The highest BCUT2D eigenvalue weighted by molar-refractivity contribution is 6.00. The number of primary amides is 1. The van der Waals surface area contributed by atoms with Gasteiger partial charge in [-0.15, -0.1) is 0 Å². The number of carbonyl (C=O) groups is 2. The van der Waals surface area contributed by atoms with E-state index in [-0.39, 0.29) is 11.3 Å². The first-order chi connectivity index (χ1) is 8.81. The van der Waals surface area contributed by atoms with E-state index in [0.29, 0.717) is 13.0 Å². The van der Waals surface area contributed by atoms with Crippen molar-refractivity contribution in [3.05, 3.63) is 29.3 Å². The van der Waals surface area contributed by atoms with E-state index in [4.69, 9.17) is 5.73 Å². The second kappa shape index (κ2) is 4.57. The van der Waals surface area contributed by atoms with Crippen molar-refractivity contribution in [2.45, 2.75) is 25.7 Å². The molecule has 1 heterocycles. The summed E-state index contributed by atoms with van der Waals surface area (Å²) < 4.78 is 0. The second-order valence-corrected chi connectivity index (χ2v) is 5.57. The summed E-state index contributed by atoms with van der Waals surface area (Å²) in [5, 5.41) is 2.63. The van der Waals surface area contributed by atoms with Gasteiger partial charge in [-0.3, -0.25) is 4.79 Å². The van der Waals surface area contributed by atoms with Crippen LogP contribution < -0.4 is 16.0 Å². The molecule has 0 saturated carbocycles. The fraction of sp³-hybridized carbons (Fsp3) is 0.429. The average Bonchev–Trinajstić information content (AvgIpc) is 2.62. The lowest BCUT2D eigenvalue weighted by Crippen LogP contribution is -2.39. The smallest absolute Gasteiger partial charge is 0.312 e. The molecule has 19 heavy (non-hydrogen) atoms. The van der Waals surface area contributed by atoms with Crippen LogP contribution in [0.5, 0.6) is 0 Å². The summed E-state index contributed by atoms with van der Waals surface area (Å²) in [6.45, 7) is 4.53. The maximum atomic E-state index is 11.7. The molecule has 5 heteroatoms. The third-order valence-corrected chi connectivity index (χ3v) is 3.64. The van der Waals surface area contributed by atoms with Gasteiger partial charge >= 0.3 is 6.03 Å². The topological polar surface area (TPSA) is 75.4 Å². The van der Waals surface area contributed by atoms with Crippen molar-refractivity contribution in [3.63, 3.8) is 0 Å². The Kier molecular flexibility index (Phi) is 3.22. The van der Waals surface area contributed by atoms with E-state index in [1.54, 1.807) is 11.9 Å². The van der Waals surface area contributed by atoms with E-state index in [1.807, 2.05) is 32.0 Å². The number of urea groups is 1. The lowest BCUT2D eigenvalue weighted by molar-refractivity contribution is -0.117. The van der Waals surface area contributed by atoms with Gasteiger partial charge in [-0.25, -0.2) is 4.79 Å². The third kappa shape index (κ3) is 2.54. The predicted octanol–water partition coefficient (Wildman–Crippen LogP) is 1.15. The van der Waals surface area contributed by atoms with E-state index >= 15 is 0 Å². The number of fused-ring (bicyclic) bond motifs is 1. The average molecular weight is 261 g/mol. The summed E-state index contributed by atoms with van der Waals surface area (Å²) >= 11 is 0. The minimum Gasteiger partial charge on any atom is -0.352 e. The van der Waals surface area contributed by atoms with E-state index in [0.717, 1.165) is 16.8 Å². The molecule has 3 amide bonds. The van der Waals surface area contributed by atoms with Gasteiger partial charge in [-0.1, -0.05) is 26.0 Å². The van der Waals surface area contributed by atoms with Gasteiger partial charge < -0.3 is 16.0 Å². The Morgan fingerprint density at radius 2 is 2.16 bits per heavy atom. The van der Waals surface area contributed by atoms with Crippen LogP contribution in [0, 0.1) is 0 Å². The lowest BCUT2D eigenvalue weighted by Gasteiger charge is -2.26. The molecule has 0 aliphatic carbocycles. The summed E-state index contributed by atoms with van der Waals surface area (Å²) in [5.74, 6) is 0.111. The van der Waals surface area contributed by atoms with Gasteiger partial charge in [0.1, 0.15) is 0 Å². The van der Waals surface area contributed by atoms with Crippen LogP contribution in [0.2, 0.25) is 0 Å². The third-order valence-electron chi connectivity index (χ3n) is 3.64. The molecule has 102 valence electrons. The first-order valence-corrected chi connectivity index (χ1v) is 6.24. The van der Waals surface area contributed by atoms with Gasteiger partial charge in [0.25, 0.3) is 0 Å². The molecule has 0 aromatic heterocycles. The SMILES string of the molecule is CN1C(=O)Cc2cc(C(C)(C)CNC(N)=O)ccc21. The van der Waals surface area contributed by atoms with Gasteiger partial charge in [-0.05, 0) is 17.2 Å². The fourth-order valence-corrected chi connectivity index (χ4v) is 2.30. The Balaban J connectivity index is 2.25. The van der Waals surface area contributed by atoms with Crippen molar-refractivity contribution < 1.29 is 9.59 Å². The molecule has 1 aliphatic rings. The summed E-state index contributed by atoms with van der Waals surface area (Å²) in [6.07, 6.45) is 0.443. The Morgan fingerprint density at radius 3 is 2.79 bits per heavy atom. The first kappa shape index (κ1) is 13.4. The van der Waals surface area contributed by atoms with Crippen LogP contribution in [0.4, 0.5) is 10.5 Å². The van der Waals surface area contributed by atoms with Crippen molar-refractivity contribution in [1.82, 2.24) is 5.32 Å². The molecule has 0 spiro atoms. The number of anilines is 1. The van der Waals surface area contributed by atoms with E-state index < -0.39 is 6.03 Å². The monoisotopic (exact) mass is 261 g/mol. The number of nitrogens with zero attached hydrogens (tertiary/aromatic N) is 1. The fourth-order valence-electron chi connectivity index (χ4n) is 2.30. The number of benzene rings is 1. The largest absolute Gasteiger partial charge is 0.352 e. The molecule has 0 saturated heterocycles. The summed E-state index contributed by atoms with van der Waals surface area (Å²) in [7, 11) is 1.79. The number of hydrogen-bond acceptors (Lipinski definition) is 2. The summed E-state index contributed by atoms with van der Waals surface area (Å²) in [4.78, 5) is 24.1. The molecule has 5 nitrogen and oxygen atoms in total. The number of likely N-dealkylation sites (N-methyl/N-ethyl adjacent to an activating group) is 1. The first-order valence-electron chi connectivity index (χ1n) is 6.24. The van der Waals surface area contributed by atoms with Crippen LogP contribution >= 0.6 is 0 Å². The summed E-state index contributed by atoms with van der Waals surface area (Å²) in [6, 6.07) is 5.47. The van der Waals surface area contributed by atoms with Crippen LogP contribution in [0.1, 0.15) is 25.0 Å². The Morgan fingerprint density at radius 1 is 1.47 bits per heavy atom. The minimum absolute atomic E-state index is 0.111. The highest BCUT2D eigenvalue weighted by Gasteiger charge is 2.27. The molecule has 0 radical (unpaired) electrons. The Bertz CT molecular complexity index is 537. The molecule has 0 atom stereocenters. The van der Waals surface area contributed by atoms with Crippen LogP contribution in [0.25, 0.3) is 0 Å². The number of rotatable bonds is 3. The van der Waals surface area contributed by atoms with Gasteiger partial charge in [0.05, 0.1) is 6.42 Å². The Hall–Kier alpha value is -2.04. The van der Waals surface area contributed by atoms with Crippen LogP contribution in [-0.2, 0) is 16.6 Å².